The molecule has 5 aromatic rings. The van der Waals surface area contributed by atoms with Crippen molar-refractivity contribution in [1.82, 2.24) is 39.1 Å². The molecule has 3 atom stereocenters. The lowest BCUT2D eigenvalue weighted by molar-refractivity contribution is -0.133. The molecular formula is C50H59F2N11O4. The van der Waals surface area contributed by atoms with E-state index in [0.717, 1.165) is 71.7 Å². The second-order valence-electron chi connectivity index (χ2n) is 18.6. The zero-order valence-electron chi connectivity index (χ0n) is 38.8. The Morgan fingerprint density at radius 2 is 1.75 bits per heavy atom. The molecule has 0 saturated carbocycles. The molecule has 17 heteroatoms. The lowest BCUT2D eigenvalue weighted by Crippen LogP contribution is -2.54. The smallest absolute Gasteiger partial charge is 0.257 e. The third-order valence-electron chi connectivity index (χ3n) is 14.3. The number of carbonyl (C=O) groups excluding carboxylic acids is 3. The van der Waals surface area contributed by atoms with E-state index in [0.29, 0.717) is 68.3 Å². The number of imide groups is 1. The number of nitrogens with one attached hydrogen (secondary N) is 3. The molecule has 0 radical (unpaired) electrons. The van der Waals surface area contributed by atoms with Gasteiger partial charge in [-0.15, -0.1) is 0 Å². The van der Waals surface area contributed by atoms with Crippen LogP contribution in [0.5, 0.6) is 0 Å². The molecule has 4 aliphatic rings. The van der Waals surface area contributed by atoms with Crippen LogP contribution in [0.25, 0.3) is 22.3 Å². The molecule has 9 rings (SSSR count). The van der Waals surface area contributed by atoms with Gasteiger partial charge in [-0.2, -0.15) is 0 Å². The van der Waals surface area contributed by atoms with Crippen LogP contribution in [-0.4, -0.2) is 123 Å². The van der Waals surface area contributed by atoms with E-state index in [2.05, 4.69) is 66.3 Å². The summed E-state index contributed by atoms with van der Waals surface area (Å²) in [5, 5.41) is 9.20. The molecule has 1 aromatic carbocycles. The Morgan fingerprint density at radius 3 is 2.43 bits per heavy atom. The highest BCUT2D eigenvalue weighted by atomic mass is 19.1. The summed E-state index contributed by atoms with van der Waals surface area (Å²) in [5.74, 6) is -1.05. The Hall–Kier alpha value is -6.46. The molecule has 1 unspecified atom stereocenters. The number of amides is 3. The van der Waals surface area contributed by atoms with Gasteiger partial charge in [0.05, 0.1) is 17.6 Å². The van der Waals surface area contributed by atoms with Gasteiger partial charge in [0.1, 0.15) is 17.5 Å². The van der Waals surface area contributed by atoms with Crippen molar-refractivity contribution in [2.45, 2.75) is 71.0 Å². The van der Waals surface area contributed by atoms with Gasteiger partial charge in [-0.05, 0) is 93.8 Å². The Labute approximate surface area is 388 Å². The molecule has 3 N–H and O–H groups in total. The van der Waals surface area contributed by atoms with Crippen LogP contribution in [0.1, 0.15) is 79.2 Å². The van der Waals surface area contributed by atoms with Gasteiger partial charge < -0.3 is 25.0 Å². The average Bonchev–Trinajstić information content (AvgIpc) is 3.66. The number of hydrogen-bond acceptors (Lipinski definition) is 11. The first-order chi connectivity index (χ1) is 32.3. The van der Waals surface area contributed by atoms with Gasteiger partial charge in [-0.3, -0.25) is 38.9 Å². The number of fused-ring (bicyclic) bond motifs is 1. The number of benzene rings is 1. The van der Waals surface area contributed by atoms with Crippen molar-refractivity contribution in [3.63, 3.8) is 0 Å². The fourth-order valence-corrected chi connectivity index (χ4v) is 10.5. The average molecular weight is 916 g/mol. The first-order valence-corrected chi connectivity index (χ1v) is 23.4. The molecule has 3 saturated heterocycles. The van der Waals surface area contributed by atoms with Crippen molar-refractivity contribution in [1.29, 1.82) is 0 Å². The molecule has 352 valence electrons. The van der Waals surface area contributed by atoms with Crippen LogP contribution in [-0.2, 0) is 16.6 Å². The van der Waals surface area contributed by atoms with Gasteiger partial charge in [0.25, 0.3) is 11.5 Å². The maximum absolute atomic E-state index is 16.1. The first kappa shape index (κ1) is 45.7. The molecule has 0 bridgehead atoms. The molecule has 15 nitrogen and oxygen atoms in total. The number of pyridine rings is 3. The topological polar surface area (TPSA) is 153 Å². The van der Waals surface area contributed by atoms with Crippen LogP contribution in [0.3, 0.4) is 0 Å². The summed E-state index contributed by atoms with van der Waals surface area (Å²) >= 11 is 0. The van der Waals surface area contributed by atoms with Crippen LogP contribution in [0, 0.1) is 24.5 Å². The number of rotatable bonds is 11. The Balaban J connectivity index is 0.773. The van der Waals surface area contributed by atoms with E-state index in [9.17, 15) is 19.2 Å². The minimum Gasteiger partial charge on any atom is -0.388 e. The maximum Gasteiger partial charge on any atom is 0.257 e. The van der Waals surface area contributed by atoms with E-state index in [4.69, 9.17) is 0 Å². The molecule has 4 aromatic heterocycles. The van der Waals surface area contributed by atoms with E-state index < -0.39 is 17.8 Å². The van der Waals surface area contributed by atoms with Crippen molar-refractivity contribution in [2.75, 3.05) is 74.9 Å². The zero-order valence-corrected chi connectivity index (χ0v) is 38.8. The summed E-state index contributed by atoms with van der Waals surface area (Å²) in [7, 11) is 3.78. The molecule has 67 heavy (non-hydrogen) atoms. The van der Waals surface area contributed by atoms with Gasteiger partial charge in [-0.1, -0.05) is 6.08 Å². The van der Waals surface area contributed by atoms with Gasteiger partial charge in [0.2, 0.25) is 11.8 Å². The molecule has 3 fully saturated rings. The minimum absolute atomic E-state index is 0.0228. The normalized spacial score (nSPS) is 20.5. The fraction of sp³-hybridized carbons (Fsp3) is 0.440. The van der Waals surface area contributed by atoms with Crippen molar-refractivity contribution >= 4 is 51.5 Å². The third-order valence-corrected chi connectivity index (χ3v) is 14.3. The number of carbonyl (C=O) groups is 3. The Morgan fingerprint density at radius 1 is 0.940 bits per heavy atom. The molecular weight excluding hydrogens is 857 g/mol. The van der Waals surface area contributed by atoms with E-state index in [1.807, 2.05) is 42.0 Å². The zero-order chi connectivity index (χ0) is 47.1. The molecule has 3 amide bonds. The highest BCUT2D eigenvalue weighted by molar-refractivity contribution is 6.01. The van der Waals surface area contributed by atoms with E-state index >= 15 is 8.78 Å². The highest BCUT2D eigenvalue weighted by Crippen LogP contribution is 2.35. The van der Waals surface area contributed by atoms with E-state index in [1.165, 1.54) is 18.3 Å². The van der Waals surface area contributed by atoms with Crippen molar-refractivity contribution in [3.8, 4) is 5.69 Å². The van der Waals surface area contributed by atoms with Gasteiger partial charge >= 0.3 is 0 Å². The third kappa shape index (κ3) is 9.31. The SMILES string of the molecule is CNc1ccn(-c2ccnc3c2cc([C@H](C)N2CC=C(c4c(C)cc(C(=O)N5CCC(CN6CCN(c7ncc(NC8CCC(=O)NC8=O)cc7F)C[C@@H]6C)CC5)cc4F)CC2)n3C)c(=O)c1. The molecule has 8 heterocycles. The Bertz CT molecular complexity index is 2790. The van der Waals surface area contributed by atoms with Crippen LogP contribution in [0.2, 0.25) is 0 Å². The number of piperidine rings is 2. The number of aryl methyl sites for hydroxylation is 2. The van der Waals surface area contributed by atoms with Crippen molar-refractivity contribution < 1.29 is 23.2 Å². The number of halogens is 2. The number of anilines is 3. The number of nitrogens with zero attached hydrogens (tertiary/aromatic N) is 8. The second-order valence-corrected chi connectivity index (χ2v) is 18.6. The molecule has 4 aliphatic heterocycles. The predicted molar refractivity (Wildman–Crippen MR) is 255 cm³/mol. The van der Waals surface area contributed by atoms with Crippen LogP contribution in [0.4, 0.5) is 26.0 Å². The van der Waals surface area contributed by atoms with Gasteiger partial charge in [0.15, 0.2) is 11.6 Å². The number of aromatic nitrogens is 4. The second kappa shape index (κ2) is 19.0. The highest BCUT2D eigenvalue weighted by Gasteiger charge is 2.32. The molecule has 0 spiro atoms. The van der Waals surface area contributed by atoms with E-state index in [-0.39, 0.29) is 47.5 Å². The standard InChI is InChI=1S/C50H59F2N11O4/c1-30-22-35(23-39(51)46(30)34-11-17-59(18-12-34)32(3)43-26-38-42(8-14-54-47(38)58(43)5)63-19-13-36(53-4)25-45(63)65)50(67)60-15-9-33(10-16-60)29-61-20-21-62(28-31(61)2)48-40(52)24-37(27-55-48)56-41-6-7-44(64)57-49(41)66/h8,11,13-14,19,22-27,31-33,41,53,56H,6-7,9-10,12,15-18,20-21,28-29H2,1-5H3,(H,57,64,66)/t31-,32-,41?/m0/s1. The van der Waals surface area contributed by atoms with Crippen molar-refractivity contribution in [3.05, 3.63) is 112 Å². The summed E-state index contributed by atoms with van der Waals surface area (Å²) < 4.78 is 35.1. The van der Waals surface area contributed by atoms with Crippen LogP contribution in [0.15, 0.2) is 71.9 Å². The van der Waals surface area contributed by atoms with Gasteiger partial charge in [-0.25, -0.2) is 18.7 Å². The lowest BCUT2D eigenvalue weighted by Gasteiger charge is -2.43. The largest absolute Gasteiger partial charge is 0.388 e. The van der Waals surface area contributed by atoms with E-state index in [1.54, 1.807) is 30.1 Å². The summed E-state index contributed by atoms with van der Waals surface area (Å²) in [6.07, 6.45) is 10.1. The van der Waals surface area contributed by atoms with Crippen LogP contribution >= 0.6 is 0 Å². The summed E-state index contributed by atoms with van der Waals surface area (Å²) in [6, 6.07) is 11.6. The number of hydrogen-bond donors (Lipinski definition) is 3. The molecule has 0 aliphatic carbocycles. The first-order valence-electron chi connectivity index (χ1n) is 23.4. The monoisotopic (exact) mass is 915 g/mol. The summed E-state index contributed by atoms with van der Waals surface area (Å²) in [6.45, 7) is 11.6. The number of likely N-dealkylation sites (tertiary alicyclic amines) is 1. The van der Waals surface area contributed by atoms with Gasteiger partial charge in [0, 0.05) is 137 Å². The van der Waals surface area contributed by atoms with Crippen molar-refractivity contribution in [2.24, 2.45) is 13.0 Å². The van der Waals surface area contributed by atoms with Crippen LogP contribution < -0.4 is 26.4 Å². The summed E-state index contributed by atoms with van der Waals surface area (Å²) in [4.78, 5) is 68.1. The fourth-order valence-electron chi connectivity index (χ4n) is 10.5. The summed E-state index contributed by atoms with van der Waals surface area (Å²) in [5.41, 5.74) is 6.26. The minimum atomic E-state index is -0.616. The lowest BCUT2D eigenvalue weighted by atomic mass is 9.92. The Kier molecular flexibility index (Phi) is 13.0. The quantitative estimate of drug-likeness (QED) is 0.136. The maximum atomic E-state index is 16.1. The predicted octanol–water partition coefficient (Wildman–Crippen LogP) is 5.88. The number of piperazine rings is 1.